The Morgan fingerprint density at radius 2 is 2.11 bits per heavy atom. The minimum absolute atomic E-state index is 0.154. The first-order chi connectivity index (χ1) is 8.68. The molecule has 18 heavy (non-hydrogen) atoms. The fourth-order valence-corrected chi connectivity index (χ4v) is 3.00. The summed E-state index contributed by atoms with van der Waals surface area (Å²) < 4.78 is 5.85. The fourth-order valence-electron chi connectivity index (χ4n) is 3.00. The summed E-state index contributed by atoms with van der Waals surface area (Å²) in [7, 11) is 0. The molecular formula is C14H26N2O2. The van der Waals surface area contributed by atoms with Gasteiger partial charge < -0.3 is 15.0 Å². The van der Waals surface area contributed by atoms with Gasteiger partial charge in [0.1, 0.15) is 6.61 Å². The summed E-state index contributed by atoms with van der Waals surface area (Å²) in [6.45, 7) is 7.19. The van der Waals surface area contributed by atoms with Crippen molar-refractivity contribution in [2.75, 3.05) is 26.2 Å². The highest BCUT2D eigenvalue weighted by Crippen LogP contribution is 2.26. The number of hydrogen-bond donors (Lipinski definition) is 1. The monoisotopic (exact) mass is 254 g/mol. The van der Waals surface area contributed by atoms with Gasteiger partial charge in [-0.05, 0) is 25.7 Å². The molecule has 2 rings (SSSR count). The average Bonchev–Trinajstić information content (AvgIpc) is 2.38. The molecule has 1 amide bonds. The van der Waals surface area contributed by atoms with Crippen molar-refractivity contribution in [2.24, 2.45) is 5.92 Å². The molecule has 1 saturated heterocycles. The second-order valence-electron chi connectivity index (χ2n) is 5.75. The van der Waals surface area contributed by atoms with Crippen LogP contribution >= 0.6 is 0 Å². The molecule has 1 heterocycles. The van der Waals surface area contributed by atoms with Gasteiger partial charge >= 0.3 is 0 Å². The van der Waals surface area contributed by atoms with Gasteiger partial charge in [-0.2, -0.15) is 0 Å². The maximum atomic E-state index is 12.1. The van der Waals surface area contributed by atoms with Crippen LogP contribution in [0.1, 0.15) is 39.5 Å². The Hall–Kier alpha value is -0.610. The van der Waals surface area contributed by atoms with E-state index >= 15 is 0 Å². The van der Waals surface area contributed by atoms with Crippen LogP contribution in [0.4, 0.5) is 0 Å². The molecule has 3 atom stereocenters. The highest BCUT2D eigenvalue weighted by atomic mass is 16.5. The van der Waals surface area contributed by atoms with Crippen molar-refractivity contribution in [1.82, 2.24) is 10.2 Å². The second kappa shape index (κ2) is 6.53. The van der Waals surface area contributed by atoms with Crippen molar-refractivity contribution in [3.63, 3.8) is 0 Å². The molecule has 4 nitrogen and oxygen atoms in total. The largest absolute Gasteiger partial charge is 0.368 e. The van der Waals surface area contributed by atoms with Crippen molar-refractivity contribution in [1.29, 1.82) is 0 Å². The number of carbonyl (C=O) groups is 1. The van der Waals surface area contributed by atoms with Crippen LogP contribution in [0.5, 0.6) is 0 Å². The van der Waals surface area contributed by atoms with E-state index in [-0.39, 0.29) is 12.5 Å². The first-order valence-corrected chi connectivity index (χ1v) is 7.30. The van der Waals surface area contributed by atoms with Crippen LogP contribution in [0.15, 0.2) is 0 Å². The number of hydrogen-bond acceptors (Lipinski definition) is 3. The zero-order valence-corrected chi connectivity index (χ0v) is 11.7. The molecule has 1 saturated carbocycles. The van der Waals surface area contributed by atoms with E-state index in [4.69, 9.17) is 4.74 Å². The number of nitrogens with one attached hydrogen (secondary N) is 1. The van der Waals surface area contributed by atoms with E-state index in [9.17, 15) is 4.79 Å². The van der Waals surface area contributed by atoms with Crippen LogP contribution in [0.25, 0.3) is 0 Å². The third-order valence-electron chi connectivity index (χ3n) is 4.28. The molecule has 4 heteroatoms. The molecule has 2 unspecified atom stereocenters. The minimum Gasteiger partial charge on any atom is -0.368 e. The molecule has 0 radical (unpaired) electrons. The topological polar surface area (TPSA) is 41.6 Å². The zero-order chi connectivity index (χ0) is 13.0. The van der Waals surface area contributed by atoms with Gasteiger partial charge in [-0.15, -0.1) is 0 Å². The van der Waals surface area contributed by atoms with Gasteiger partial charge in [0.2, 0.25) is 5.91 Å². The first-order valence-electron chi connectivity index (χ1n) is 7.30. The Morgan fingerprint density at radius 1 is 1.33 bits per heavy atom. The van der Waals surface area contributed by atoms with Gasteiger partial charge in [0, 0.05) is 25.7 Å². The Balaban J connectivity index is 1.76. The SMILES string of the molecule is CC1CCCCC1OCC(=O)N1CCNC[C@H]1C. The van der Waals surface area contributed by atoms with Crippen LogP contribution in [-0.4, -0.2) is 49.2 Å². The van der Waals surface area contributed by atoms with Crippen molar-refractivity contribution in [3.8, 4) is 0 Å². The first kappa shape index (κ1) is 13.8. The molecule has 0 aromatic carbocycles. The number of rotatable bonds is 3. The number of nitrogens with zero attached hydrogens (tertiary/aromatic N) is 1. The van der Waals surface area contributed by atoms with Gasteiger partial charge in [0.15, 0.2) is 0 Å². The lowest BCUT2D eigenvalue weighted by Gasteiger charge is -2.35. The fraction of sp³-hybridized carbons (Fsp3) is 0.929. The molecule has 2 fully saturated rings. The van der Waals surface area contributed by atoms with Gasteiger partial charge in [-0.1, -0.05) is 19.8 Å². The molecule has 0 aromatic rings. The van der Waals surface area contributed by atoms with E-state index in [0.717, 1.165) is 26.1 Å². The molecule has 2 aliphatic rings. The predicted molar refractivity (Wildman–Crippen MR) is 71.4 cm³/mol. The average molecular weight is 254 g/mol. The number of ether oxygens (including phenoxy) is 1. The maximum absolute atomic E-state index is 12.1. The van der Waals surface area contributed by atoms with Crippen LogP contribution in [0.2, 0.25) is 0 Å². The number of piperazine rings is 1. The molecule has 0 bridgehead atoms. The lowest BCUT2D eigenvalue weighted by atomic mass is 9.88. The summed E-state index contributed by atoms with van der Waals surface area (Å²) in [6, 6.07) is 0.290. The number of amides is 1. The standard InChI is InChI=1S/C14H26N2O2/c1-11-5-3-4-6-13(11)18-10-14(17)16-8-7-15-9-12(16)2/h11-13,15H,3-10H2,1-2H3/t11?,12-,13?/m1/s1. The van der Waals surface area contributed by atoms with E-state index in [1.807, 2.05) is 4.90 Å². The second-order valence-corrected chi connectivity index (χ2v) is 5.75. The Bertz CT molecular complexity index is 283. The number of carbonyl (C=O) groups excluding carboxylic acids is 1. The van der Waals surface area contributed by atoms with Gasteiger partial charge in [-0.3, -0.25) is 4.79 Å². The van der Waals surface area contributed by atoms with Crippen LogP contribution in [-0.2, 0) is 9.53 Å². The molecule has 0 spiro atoms. The predicted octanol–water partition coefficient (Wildman–Crippen LogP) is 1.40. The third kappa shape index (κ3) is 3.45. The highest BCUT2D eigenvalue weighted by Gasteiger charge is 2.26. The van der Waals surface area contributed by atoms with Gasteiger partial charge in [0.05, 0.1) is 6.10 Å². The van der Waals surface area contributed by atoms with Crippen molar-refractivity contribution < 1.29 is 9.53 Å². The molecule has 104 valence electrons. The Labute approximate surface area is 110 Å². The highest BCUT2D eigenvalue weighted by molar-refractivity contribution is 5.77. The zero-order valence-electron chi connectivity index (χ0n) is 11.7. The third-order valence-corrected chi connectivity index (χ3v) is 4.28. The molecule has 1 aliphatic carbocycles. The van der Waals surface area contributed by atoms with Crippen molar-refractivity contribution in [3.05, 3.63) is 0 Å². The molecule has 0 aromatic heterocycles. The summed E-state index contributed by atoms with van der Waals surface area (Å²) >= 11 is 0. The Morgan fingerprint density at radius 3 is 2.83 bits per heavy atom. The van der Waals surface area contributed by atoms with Crippen LogP contribution in [0.3, 0.4) is 0 Å². The lowest BCUT2D eigenvalue weighted by molar-refractivity contribution is -0.142. The Kier molecular flexibility index (Phi) is 5.01. The van der Waals surface area contributed by atoms with Gasteiger partial charge in [-0.25, -0.2) is 0 Å². The molecule has 1 aliphatic heterocycles. The minimum atomic E-state index is 0.154. The summed E-state index contributed by atoms with van der Waals surface area (Å²) in [5.74, 6) is 0.758. The van der Waals surface area contributed by atoms with Gasteiger partial charge in [0.25, 0.3) is 0 Å². The van der Waals surface area contributed by atoms with E-state index in [0.29, 0.717) is 18.1 Å². The van der Waals surface area contributed by atoms with Crippen molar-refractivity contribution >= 4 is 5.91 Å². The van der Waals surface area contributed by atoms with Crippen molar-refractivity contribution in [2.45, 2.75) is 51.7 Å². The van der Waals surface area contributed by atoms with Crippen LogP contribution < -0.4 is 5.32 Å². The van der Waals surface area contributed by atoms with E-state index in [1.54, 1.807) is 0 Å². The summed E-state index contributed by atoms with van der Waals surface area (Å²) in [5, 5.41) is 3.30. The van der Waals surface area contributed by atoms with E-state index < -0.39 is 0 Å². The van der Waals surface area contributed by atoms with E-state index in [1.165, 1.54) is 19.3 Å². The van der Waals surface area contributed by atoms with Crippen LogP contribution in [0, 0.1) is 5.92 Å². The summed E-state index contributed by atoms with van der Waals surface area (Å²) in [4.78, 5) is 14.1. The molecular weight excluding hydrogens is 228 g/mol. The lowest BCUT2D eigenvalue weighted by Crippen LogP contribution is -2.53. The maximum Gasteiger partial charge on any atom is 0.248 e. The smallest absolute Gasteiger partial charge is 0.248 e. The normalized spacial score (nSPS) is 33.4. The summed E-state index contributed by atoms with van der Waals surface area (Å²) in [6.07, 6.45) is 5.20. The molecule has 1 N–H and O–H groups in total. The summed E-state index contributed by atoms with van der Waals surface area (Å²) in [5.41, 5.74) is 0. The van der Waals surface area contributed by atoms with E-state index in [2.05, 4.69) is 19.2 Å². The quantitative estimate of drug-likeness (QED) is 0.828.